The first-order chi connectivity index (χ1) is 9.26. The van der Waals surface area contributed by atoms with Gasteiger partial charge in [-0.05, 0) is 17.7 Å². The van der Waals surface area contributed by atoms with Crippen LogP contribution >= 0.6 is 0 Å². The second-order valence-electron chi connectivity index (χ2n) is 4.39. The molecule has 1 atom stereocenters. The molecule has 0 radical (unpaired) electrons. The molecule has 1 amide bonds. The lowest BCUT2D eigenvalue weighted by Gasteiger charge is -2.29. The third-order valence-corrected chi connectivity index (χ3v) is 3.10. The molecule has 3 rings (SSSR count). The number of carbonyl (C=O) groups is 1. The van der Waals surface area contributed by atoms with Crippen molar-refractivity contribution >= 4 is 5.91 Å². The summed E-state index contributed by atoms with van der Waals surface area (Å²) in [6, 6.07) is 7.59. The van der Waals surface area contributed by atoms with E-state index in [1.165, 1.54) is 0 Å². The molecule has 2 heterocycles. The molecule has 1 unspecified atom stereocenters. The van der Waals surface area contributed by atoms with Crippen LogP contribution < -0.4 is 9.47 Å². The Morgan fingerprint density at radius 1 is 1.37 bits per heavy atom. The number of amides is 1. The quantitative estimate of drug-likeness (QED) is 0.781. The molecule has 0 spiro atoms. The van der Waals surface area contributed by atoms with Gasteiger partial charge in [0.2, 0.25) is 12.7 Å². The topological polar surface area (TPSA) is 71.8 Å². The summed E-state index contributed by atoms with van der Waals surface area (Å²) in [6.45, 7) is 0.926. The summed E-state index contributed by atoms with van der Waals surface area (Å²) in [4.78, 5) is 13.3. The second kappa shape index (κ2) is 4.78. The fourth-order valence-corrected chi connectivity index (χ4v) is 2.11. The van der Waals surface area contributed by atoms with E-state index in [0.717, 1.165) is 5.56 Å². The highest BCUT2D eigenvalue weighted by Crippen LogP contribution is 2.32. The normalized spacial score (nSPS) is 21.3. The molecule has 6 nitrogen and oxygen atoms in total. The Morgan fingerprint density at radius 3 is 3.05 bits per heavy atom. The molecule has 1 aromatic carbocycles. The highest BCUT2D eigenvalue weighted by molar-refractivity contribution is 5.78. The summed E-state index contributed by atoms with van der Waals surface area (Å²) in [5.74, 6) is 1.30. The summed E-state index contributed by atoms with van der Waals surface area (Å²) in [5.41, 5.74) is 0.941. The van der Waals surface area contributed by atoms with Crippen molar-refractivity contribution in [1.82, 2.24) is 4.90 Å². The van der Waals surface area contributed by atoms with Gasteiger partial charge in [-0.2, -0.15) is 5.26 Å². The molecule has 0 aliphatic carbocycles. The van der Waals surface area contributed by atoms with Crippen molar-refractivity contribution in [1.29, 1.82) is 5.26 Å². The van der Waals surface area contributed by atoms with Crippen molar-refractivity contribution < 1.29 is 19.0 Å². The zero-order chi connectivity index (χ0) is 13.2. The van der Waals surface area contributed by atoms with Crippen LogP contribution in [-0.4, -0.2) is 36.9 Å². The smallest absolute Gasteiger partial charge is 0.249 e. The van der Waals surface area contributed by atoms with E-state index < -0.39 is 6.10 Å². The maximum Gasteiger partial charge on any atom is 0.249 e. The van der Waals surface area contributed by atoms with Crippen LogP contribution in [0.4, 0.5) is 0 Å². The zero-order valence-electron chi connectivity index (χ0n) is 10.2. The maximum atomic E-state index is 11.7. The van der Waals surface area contributed by atoms with Gasteiger partial charge in [0.1, 0.15) is 6.61 Å². The fraction of sp³-hybridized carbons (Fsp3) is 0.385. The van der Waals surface area contributed by atoms with Gasteiger partial charge in [0.15, 0.2) is 17.6 Å². The Bertz CT molecular complexity index is 552. The molecule has 0 saturated carbocycles. The first kappa shape index (κ1) is 11.8. The monoisotopic (exact) mass is 260 g/mol. The molecular formula is C13H12N2O4. The van der Waals surface area contributed by atoms with Crippen molar-refractivity contribution in [2.45, 2.75) is 12.6 Å². The number of hydrogen-bond acceptors (Lipinski definition) is 5. The Morgan fingerprint density at radius 2 is 2.21 bits per heavy atom. The molecule has 1 fully saturated rings. The molecule has 2 aliphatic heterocycles. The number of carbonyl (C=O) groups excluding carboxylic acids is 1. The van der Waals surface area contributed by atoms with Crippen LogP contribution in [0.1, 0.15) is 5.56 Å². The molecule has 1 aromatic rings. The van der Waals surface area contributed by atoms with Crippen LogP contribution in [0.2, 0.25) is 0 Å². The van der Waals surface area contributed by atoms with Crippen LogP contribution in [0, 0.1) is 11.3 Å². The molecule has 0 N–H and O–H groups in total. The van der Waals surface area contributed by atoms with Gasteiger partial charge >= 0.3 is 0 Å². The van der Waals surface area contributed by atoms with Crippen LogP contribution in [0.25, 0.3) is 0 Å². The molecule has 98 valence electrons. The SMILES string of the molecule is N#CC1CN(Cc2ccc3c(c2)OCO3)C(=O)CO1. The summed E-state index contributed by atoms with van der Waals surface area (Å²) >= 11 is 0. The van der Waals surface area contributed by atoms with Crippen LogP contribution in [0.5, 0.6) is 11.5 Å². The van der Waals surface area contributed by atoms with E-state index in [1.54, 1.807) is 4.90 Å². The second-order valence-corrected chi connectivity index (χ2v) is 4.39. The number of nitrogens with zero attached hydrogens (tertiary/aromatic N) is 2. The molecule has 1 saturated heterocycles. The summed E-state index contributed by atoms with van der Waals surface area (Å²) in [7, 11) is 0. The van der Waals surface area contributed by atoms with E-state index in [9.17, 15) is 4.79 Å². The van der Waals surface area contributed by atoms with Crippen LogP contribution in [0.15, 0.2) is 18.2 Å². The van der Waals surface area contributed by atoms with Crippen molar-refractivity contribution in [3.63, 3.8) is 0 Å². The lowest BCUT2D eigenvalue weighted by Crippen LogP contribution is -2.45. The van der Waals surface area contributed by atoms with Gasteiger partial charge in [-0.15, -0.1) is 0 Å². The molecular weight excluding hydrogens is 248 g/mol. The van der Waals surface area contributed by atoms with E-state index >= 15 is 0 Å². The number of fused-ring (bicyclic) bond motifs is 1. The molecule has 0 aromatic heterocycles. The number of nitriles is 1. The van der Waals surface area contributed by atoms with E-state index in [2.05, 4.69) is 0 Å². The minimum atomic E-state index is -0.549. The summed E-state index contributed by atoms with van der Waals surface area (Å²) in [6.07, 6.45) is -0.549. The third-order valence-electron chi connectivity index (χ3n) is 3.10. The van der Waals surface area contributed by atoms with Crippen molar-refractivity contribution in [2.75, 3.05) is 19.9 Å². The number of benzene rings is 1. The van der Waals surface area contributed by atoms with Crippen LogP contribution in [-0.2, 0) is 16.1 Å². The lowest BCUT2D eigenvalue weighted by molar-refractivity contribution is -0.146. The number of morpholine rings is 1. The number of rotatable bonds is 2. The Kier molecular flexibility index (Phi) is 2.97. The van der Waals surface area contributed by atoms with Crippen molar-refractivity contribution in [3.05, 3.63) is 23.8 Å². The largest absolute Gasteiger partial charge is 0.454 e. The minimum Gasteiger partial charge on any atom is -0.454 e. The van der Waals surface area contributed by atoms with Gasteiger partial charge in [0, 0.05) is 6.54 Å². The number of hydrogen-bond donors (Lipinski definition) is 0. The lowest BCUT2D eigenvalue weighted by atomic mass is 10.1. The van der Waals surface area contributed by atoms with E-state index in [1.807, 2.05) is 24.3 Å². The highest BCUT2D eigenvalue weighted by Gasteiger charge is 2.26. The van der Waals surface area contributed by atoms with Gasteiger partial charge in [0.05, 0.1) is 12.6 Å². The average Bonchev–Trinajstić information content (AvgIpc) is 2.89. The van der Waals surface area contributed by atoms with Gasteiger partial charge in [-0.1, -0.05) is 6.07 Å². The Labute approximate surface area is 110 Å². The summed E-state index contributed by atoms with van der Waals surface area (Å²) in [5, 5.41) is 8.84. The highest BCUT2D eigenvalue weighted by atomic mass is 16.7. The Hall–Kier alpha value is -2.26. The minimum absolute atomic E-state index is 0.0389. The van der Waals surface area contributed by atoms with E-state index in [-0.39, 0.29) is 19.3 Å². The maximum absolute atomic E-state index is 11.7. The Balaban J connectivity index is 1.73. The standard InChI is InChI=1S/C13H12N2O4/c14-4-10-6-15(13(16)7-17-10)5-9-1-2-11-12(3-9)19-8-18-11/h1-3,10H,5-8H2. The molecule has 0 bridgehead atoms. The van der Waals surface area contributed by atoms with Gasteiger partial charge < -0.3 is 19.1 Å². The molecule has 6 heteroatoms. The van der Waals surface area contributed by atoms with E-state index in [4.69, 9.17) is 19.5 Å². The third kappa shape index (κ3) is 2.33. The first-order valence-corrected chi connectivity index (χ1v) is 5.94. The predicted molar refractivity (Wildman–Crippen MR) is 63.3 cm³/mol. The van der Waals surface area contributed by atoms with Gasteiger partial charge in [0.25, 0.3) is 0 Å². The average molecular weight is 260 g/mol. The van der Waals surface area contributed by atoms with Crippen molar-refractivity contribution in [2.24, 2.45) is 0 Å². The van der Waals surface area contributed by atoms with E-state index in [0.29, 0.717) is 24.6 Å². The number of ether oxygens (including phenoxy) is 3. The van der Waals surface area contributed by atoms with Crippen molar-refractivity contribution in [3.8, 4) is 17.6 Å². The zero-order valence-corrected chi connectivity index (χ0v) is 10.2. The summed E-state index contributed by atoms with van der Waals surface area (Å²) < 4.78 is 15.6. The predicted octanol–water partition coefficient (Wildman–Crippen LogP) is 0.666. The fourth-order valence-electron chi connectivity index (χ4n) is 2.11. The first-order valence-electron chi connectivity index (χ1n) is 5.94. The van der Waals surface area contributed by atoms with Gasteiger partial charge in [-0.3, -0.25) is 4.79 Å². The van der Waals surface area contributed by atoms with Gasteiger partial charge in [-0.25, -0.2) is 0 Å². The molecule has 19 heavy (non-hydrogen) atoms. The van der Waals surface area contributed by atoms with Crippen LogP contribution in [0.3, 0.4) is 0 Å². The molecule has 2 aliphatic rings.